The molecule has 0 amide bonds. The van der Waals surface area contributed by atoms with Gasteiger partial charge >= 0.3 is 17.9 Å². The SMILES string of the molecule is CC\C=C/C=C\C=C/C=C\C=C/CCCCCC(=O)OCC(COC(=O)CCCCCCCCCCC)OC(=O)CCCCCCCC/C=C\C=C/CCCCC. The molecule has 324 valence electrons. The lowest BCUT2D eigenvalue weighted by atomic mass is 10.1. The summed E-state index contributed by atoms with van der Waals surface area (Å²) in [6.07, 6.45) is 57.0. The maximum absolute atomic E-state index is 12.7. The number of esters is 3. The summed E-state index contributed by atoms with van der Waals surface area (Å²) < 4.78 is 16.7. The summed E-state index contributed by atoms with van der Waals surface area (Å²) in [5.41, 5.74) is 0. The van der Waals surface area contributed by atoms with Crippen molar-refractivity contribution in [3.8, 4) is 0 Å². The minimum atomic E-state index is -0.797. The van der Waals surface area contributed by atoms with Crippen LogP contribution in [0.15, 0.2) is 85.1 Å². The Balaban J connectivity index is 4.48. The summed E-state index contributed by atoms with van der Waals surface area (Å²) in [4.78, 5) is 37.7. The highest BCUT2D eigenvalue weighted by Crippen LogP contribution is 2.13. The zero-order valence-electron chi connectivity index (χ0n) is 36.8. The zero-order chi connectivity index (χ0) is 41.5. The first-order valence-corrected chi connectivity index (χ1v) is 23.2. The lowest BCUT2D eigenvalue weighted by Gasteiger charge is -2.18. The van der Waals surface area contributed by atoms with Crippen molar-refractivity contribution < 1.29 is 28.6 Å². The predicted octanol–water partition coefficient (Wildman–Crippen LogP) is 14.9. The second-order valence-electron chi connectivity index (χ2n) is 15.1. The third kappa shape index (κ3) is 43.6. The second kappa shape index (κ2) is 45.3. The van der Waals surface area contributed by atoms with Crippen LogP contribution < -0.4 is 0 Å². The standard InChI is InChI=1S/C51H84O6/c1-4-7-10-13-16-19-21-23-25-27-29-32-35-38-41-44-50(53)56-47-48(46-55-49(52)43-40-37-34-31-18-15-12-9-6-3)57-51(54)45-42-39-36-33-30-28-26-24-22-20-17-14-11-8-5-2/h7,10,13,16-17,19-25,27,29,48H,4-6,8-9,11-12,14-15,18,26,28,30-47H2,1-3H3/b10-7-,16-13-,20-17-,21-19-,24-22-,25-23-,29-27-. The summed E-state index contributed by atoms with van der Waals surface area (Å²) in [5, 5.41) is 0. The fourth-order valence-corrected chi connectivity index (χ4v) is 6.04. The molecule has 1 atom stereocenters. The number of unbranched alkanes of at least 4 members (excludes halogenated alkanes) is 20. The van der Waals surface area contributed by atoms with E-state index in [1.165, 1.54) is 77.0 Å². The van der Waals surface area contributed by atoms with E-state index < -0.39 is 6.10 Å². The first-order chi connectivity index (χ1) is 28.0. The van der Waals surface area contributed by atoms with Crippen molar-refractivity contribution in [2.45, 2.75) is 207 Å². The van der Waals surface area contributed by atoms with E-state index >= 15 is 0 Å². The number of hydrogen-bond donors (Lipinski definition) is 0. The summed E-state index contributed by atoms with van der Waals surface area (Å²) in [6.45, 7) is 6.38. The molecule has 0 heterocycles. The summed E-state index contributed by atoms with van der Waals surface area (Å²) in [5.74, 6) is -0.959. The molecule has 0 aliphatic rings. The van der Waals surface area contributed by atoms with Gasteiger partial charge in [-0.1, -0.05) is 202 Å². The van der Waals surface area contributed by atoms with Crippen LogP contribution in [0.1, 0.15) is 201 Å². The van der Waals surface area contributed by atoms with Gasteiger partial charge in [-0.25, -0.2) is 0 Å². The molecule has 0 radical (unpaired) electrons. The smallest absolute Gasteiger partial charge is 0.306 e. The van der Waals surface area contributed by atoms with Crippen LogP contribution in [0.2, 0.25) is 0 Å². The molecule has 57 heavy (non-hydrogen) atoms. The molecule has 0 aromatic carbocycles. The van der Waals surface area contributed by atoms with Crippen LogP contribution in [0.4, 0.5) is 0 Å². The molecule has 0 aliphatic heterocycles. The van der Waals surface area contributed by atoms with Gasteiger partial charge in [0, 0.05) is 19.3 Å². The van der Waals surface area contributed by atoms with E-state index in [4.69, 9.17) is 14.2 Å². The molecule has 0 fully saturated rings. The third-order valence-electron chi connectivity index (χ3n) is 9.54. The van der Waals surface area contributed by atoms with E-state index in [1.54, 1.807) is 0 Å². The summed E-state index contributed by atoms with van der Waals surface area (Å²) in [6, 6.07) is 0. The van der Waals surface area contributed by atoms with Gasteiger partial charge in [0.2, 0.25) is 0 Å². The van der Waals surface area contributed by atoms with Crippen molar-refractivity contribution in [2.75, 3.05) is 13.2 Å². The highest BCUT2D eigenvalue weighted by Gasteiger charge is 2.19. The molecule has 0 spiro atoms. The van der Waals surface area contributed by atoms with Gasteiger partial charge in [0.05, 0.1) is 0 Å². The molecule has 0 bridgehead atoms. The van der Waals surface area contributed by atoms with E-state index in [2.05, 4.69) is 57.2 Å². The minimum absolute atomic E-state index is 0.0953. The number of carbonyl (C=O) groups excluding carboxylic acids is 3. The topological polar surface area (TPSA) is 78.9 Å². The normalized spacial score (nSPS) is 12.8. The maximum Gasteiger partial charge on any atom is 0.306 e. The molecule has 0 aromatic rings. The van der Waals surface area contributed by atoms with Gasteiger partial charge < -0.3 is 14.2 Å². The van der Waals surface area contributed by atoms with E-state index in [0.29, 0.717) is 19.3 Å². The van der Waals surface area contributed by atoms with Crippen molar-refractivity contribution in [3.05, 3.63) is 85.1 Å². The number of hydrogen-bond acceptors (Lipinski definition) is 6. The molecule has 0 saturated heterocycles. The first kappa shape index (κ1) is 53.6. The Bertz CT molecular complexity index is 1140. The largest absolute Gasteiger partial charge is 0.462 e. The van der Waals surface area contributed by atoms with E-state index in [9.17, 15) is 14.4 Å². The Hall–Kier alpha value is -3.41. The van der Waals surface area contributed by atoms with Gasteiger partial charge in [0.15, 0.2) is 6.10 Å². The Morgan fingerprint density at radius 1 is 0.368 bits per heavy atom. The zero-order valence-corrected chi connectivity index (χ0v) is 36.8. The van der Waals surface area contributed by atoms with E-state index in [1.807, 2.05) is 48.6 Å². The molecule has 0 saturated carbocycles. The van der Waals surface area contributed by atoms with Gasteiger partial charge in [-0.05, 0) is 64.2 Å². The van der Waals surface area contributed by atoms with Crippen LogP contribution in [0.5, 0.6) is 0 Å². The molecular weight excluding hydrogens is 709 g/mol. The van der Waals surface area contributed by atoms with Gasteiger partial charge in [0.1, 0.15) is 13.2 Å². The van der Waals surface area contributed by atoms with Gasteiger partial charge in [-0.15, -0.1) is 0 Å². The number of rotatable bonds is 40. The van der Waals surface area contributed by atoms with E-state index in [-0.39, 0.29) is 31.1 Å². The molecule has 0 rings (SSSR count). The quantitative estimate of drug-likeness (QED) is 0.0266. The van der Waals surface area contributed by atoms with Crippen molar-refractivity contribution in [2.24, 2.45) is 0 Å². The van der Waals surface area contributed by atoms with Gasteiger partial charge in [0.25, 0.3) is 0 Å². The Morgan fingerprint density at radius 3 is 1.14 bits per heavy atom. The monoisotopic (exact) mass is 793 g/mol. The van der Waals surface area contributed by atoms with Crippen LogP contribution >= 0.6 is 0 Å². The molecular formula is C51H84O6. The Kier molecular flexibility index (Phi) is 42.6. The van der Waals surface area contributed by atoms with Crippen LogP contribution in [0.25, 0.3) is 0 Å². The van der Waals surface area contributed by atoms with Gasteiger partial charge in [-0.2, -0.15) is 0 Å². The van der Waals surface area contributed by atoms with Gasteiger partial charge in [-0.3, -0.25) is 14.4 Å². The highest BCUT2D eigenvalue weighted by atomic mass is 16.6. The third-order valence-corrected chi connectivity index (χ3v) is 9.54. The first-order valence-electron chi connectivity index (χ1n) is 23.2. The highest BCUT2D eigenvalue weighted by molar-refractivity contribution is 5.71. The summed E-state index contributed by atoms with van der Waals surface area (Å²) in [7, 11) is 0. The number of carbonyl (C=O) groups is 3. The van der Waals surface area contributed by atoms with Crippen molar-refractivity contribution in [1.82, 2.24) is 0 Å². The second-order valence-corrected chi connectivity index (χ2v) is 15.1. The molecule has 0 N–H and O–H groups in total. The van der Waals surface area contributed by atoms with E-state index in [0.717, 1.165) is 83.5 Å². The maximum atomic E-state index is 12.7. The van der Waals surface area contributed by atoms with Crippen molar-refractivity contribution >= 4 is 17.9 Å². The van der Waals surface area contributed by atoms with Crippen LogP contribution in [0.3, 0.4) is 0 Å². The van der Waals surface area contributed by atoms with Crippen LogP contribution in [-0.2, 0) is 28.6 Å². The average Bonchev–Trinajstić information content (AvgIpc) is 3.21. The fraction of sp³-hybridized carbons (Fsp3) is 0.667. The molecule has 1 unspecified atom stereocenters. The summed E-state index contributed by atoms with van der Waals surface area (Å²) >= 11 is 0. The van der Waals surface area contributed by atoms with Crippen LogP contribution in [0, 0.1) is 0 Å². The molecule has 6 nitrogen and oxygen atoms in total. The number of ether oxygens (including phenoxy) is 3. The van der Waals surface area contributed by atoms with Crippen molar-refractivity contribution in [1.29, 1.82) is 0 Å². The molecule has 6 heteroatoms. The predicted molar refractivity (Wildman–Crippen MR) is 242 cm³/mol. The Morgan fingerprint density at radius 2 is 0.684 bits per heavy atom. The number of allylic oxidation sites excluding steroid dienone is 14. The lowest BCUT2D eigenvalue weighted by molar-refractivity contribution is -0.167. The average molecular weight is 793 g/mol. The molecule has 0 aromatic heterocycles. The van der Waals surface area contributed by atoms with Crippen LogP contribution in [-0.4, -0.2) is 37.2 Å². The van der Waals surface area contributed by atoms with Crippen molar-refractivity contribution in [3.63, 3.8) is 0 Å². The Labute approximate surface area is 350 Å². The lowest BCUT2D eigenvalue weighted by Crippen LogP contribution is -2.30. The fourth-order valence-electron chi connectivity index (χ4n) is 6.04. The minimum Gasteiger partial charge on any atom is -0.462 e. The molecule has 0 aliphatic carbocycles.